The summed E-state index contributed by atoms with van der Waals surface area (Å²) in [6.45, 7) is 0. The molecule has 4 rings (SSSR count). The predicted octanol–water partition coefficient (Wildman–Crippen LogP) is 4.56. The summed E-state index contributed by atoms with van der Waals surface area (Å²) in [5, 5.41) is 9.47. The smallest absolute Gasteiger partial charge is 0.258 e. The van der Waals surface area contributed by atoms with Gasteiger partial charge in [-0.1, -0.05) is 37.1 Å². The lowest BCUT2D eigenvalue weighted by molar-refractivity contribution is 0.504. The molecule has 0 saturated heterocycles. The van der Waals surface area contributed by atoms with Gasteiger partial charge in [0.05, 0.1) is 17.3 Å². The molecule has 4 nitrogen and oxygen atoms in total. The molecular formula is C22H19N3O. The van der Waals surface area contributed by atoms with Crippen molar-refractivity contribution in [2.75, 3.05) is 0 Å². The van der Waals surface area contributed by atoms with Gasteiger partial charge in [-0.15, -0.1) is 0 Å². The van der Waals surface area contributed by atoms with E-state index < -0.39 is 0 Å². The lowest BCUT2D eigenvalue weighted by atomic mass is 9.99. The van der Waals surface area contributed by atoms with Crippen LogP contribution in [-0.4, -0.2) is 9.55 Å². The number of rotatable bonds is 3. The summed E-state index contributed by atoms with van der Waals surface area (Å²) in [7, 11) is 0. The molecule has 1 saturated carbocycles. The summed E-state index contributed by atoms with van der Waals surface area (Å²) in [4.78, 5) is 17.7. The summed E-state index contributed by atoms with van der Waals surface area (Å²) >= 11 is 0. The van der Waals surface area contributed by atoms with Crippen LogP contribution in [0.25, 0.3) is 22.4 Å². The summed E-state index contributed by atoms with van der Waals surface area (Å²) < 4.78 is 1.86. The van der Waals surface area contributed by atoms with Crippen LogP contribution in [0, 0.1) is 11.3 Å². The molecule has 2 aromatic heterocycles. The lowest BCUT2D eigenvalue weighted by Gasteiger charge is -2.17. The number of hydrogen-bond donors (Lipinski definition) is 0. The molecule has 0 N–H and O–H groups in total. The van der Waals surface area contributed by atoms with Crippen molar-refractivity contribution in [3.8, 4) is 28.5 Å². The van der Waals surface area contributed by atoms with E-state index >= 15 is 0 Å². The van der Waals surface area contributed by atoms with Crippen molar-refractivity contribution in [2.24, 2.45) is 0 Å². The average Bonchev–Trinajstić information content (AvgIpc) is 3.23. The Kier molecular flexibility index (Phi) is 4.37. The number of nitriles is 1. The summed E-state index contributed by atoms with van der Waals surface area (Å²) in [5.41, 5.74) is 3.47. The average molecular weight is 341 g/mol. The molecule has 0 radical (unpaired) electrons. The van der Waals surface area contributed by atoms with Crippen molar-refractivity contribution in [3.05, 3.63) is 76.8 Å². The van der Waals surface area contributed by atoms with Crippen molar-refractivity contribution in [3.63, 3.8) is 0 Å². The van der Waals surface area contributed by atoms with E-state index in [4.69, 9.17) is 0 Å². The number of aromatic nitrogens is 2. The van der Waals surface area contributed by atoms with Gasteiger partial charge in [-0.05, 0) is 37.1 Å². The Morgan fingerprint density at radius 3 is 2.54 bits per heavy atom. The lowest BCUT2D eigenvalue weighted by Crippen LogP contribution is -2.25. The van der Waals surface area contributed by atoms with Crippen LogP contribution in [0.5, 0.6) is 0 Å². The third kappa shape index (κ3) is 2.93. The van der Waals surface area contributed by atoms with E-state index in [9.17, 15) is 10.1 Å². The first-order chi connectivity index (χ1) is 12.8. The van der Waals surface area contributed by atoms with Gasteiger partial charge >= 0.3 is 0 Å². The quantitative estimate of drug-likeness (QED) is 0.701. The number of nitrogens with zero attached hydrogens (tertiary/aromatic N) is 3. The molecule has 0 bridgehead atoms. The number of pyridine rings is 2. The minimum Gasteiger partial charge on any atom is -0.311 e. The molecule has 0 spiro atoms. The maximum atomic E-state index is 13.2. The number of hydrogen-bond acceptors (Lipinski definition) is 3. The van der Waals surface area contributed by atoms with Crippen LogP contribution < -0.4 is 5.56 Å². The van der Waals surface area contributed by atoms with Crippen LogP contribution in [0.4, 0.5) is 0 Å². The molecule has 1 aliphatic rings. The molecular weight excluding hydrogens is 322 g/mol. The van der Waals surface area contributed by atoms with Crippen LogP contribution in [0.2, 0.25) is 0 Å². The zero-order valence-corrected chi connectivity index (χ0v) is 14.4. The Hall–Kier alpha value is -3.19. The molecule has 1 aromatic carbocycles. The third-order valence-corrected chi connectivity index (χ3v) is 5.06. The van der Waals surface area contributed by atoms with Gasteiger partial charge in [-0.3, -0.25) is 9.78 Å². The Morgan fingerprint density at radius 2 is 1.81 bits per heavy atom. The second-order valence-corrected chi connectivity index (χ2v) is 6.67. The van der Waals surface area contributed by atoms with Gasteiger partial charge in [0.25, 0.3) is 5.56 Å². The molecule has 0 amide bonds. The Balaban J connectivity index is 1.97. The third-order valence-electron chi connectivity index (χ3n) is 5.06. The van der Waals surface area contributed by atoms with E-state index in [0.29, 0.717) is 16.7 Å². The molecule has 26 heavy (non-hydrogen) atoms. The van der Waals surface area contributed by atoms with Gasteiger partial charge in [0, 0.05) is 35.1 Å². The molecule has 4 heteroatoms. The van der Waals surface area contributed by atoms with Crippen molar-refractivity contribution in [2.45, 2.75) is 31.7 Å². The molecule has 0 unspecified atom stereocenters. The Bertz CT molecular complexity index is 1030. The highest BCUT2D eigenvalue weighted by Crippen LogP contribution is 2.31. The second kappa shape index (κ2) is 6.97. The first-order valence-electron chi connectivity index (χ1n) is 8.95. The SMILES string of the molecule is N#Cc1ccccc1-c1cc(-c2ccccn2)cn(C2CCCC2)c1=O. The van der Waals surface area contributed by atoms with Gasteiger partial charge in [-0.2, -0.15) is 5.26 Å². The minimum absolute atomic E-state index is 0.0284. The van der Waals surface area contributed by atoms with Crippen LogP contribution in [-0.2, 0) is 0 Å². The normalized spacial score (nSPS) is 14.3. The minimum atomic E-state index is -0.0284. The van der Waals surface area contributed by atoms with Crippen LogP contribution >= 0.6 is 0 Å². The maximum absolute atomic E-state index is 13.2. The first-order valence-corrected chi connectivity index (χ1v) is 8.95. The van der Waals surface area contributed by atoms with Crippen LogP contribution in [0.1, 0.15) is 37.3 Å². The van der Waals surface area contributed by atoms with E-state index in [1.54, 1.807) is 12.3 Å². The van der Waals surface area contributed by atoms with Gasteiger partial charge < -0.3 is 4.57 Å². The highest BCUT2D eigenvalue weighted by atomic mass is 16.1. The van der Waals surface area contributed by atoms with Crippen molar-refractivity contribution in [1.29, 1.82) is 5.26 Å². The molecule has 128 valence electrons. The molecule has 1 fully saturated rings. The van der Waals surface area contributed by atoms with Gasteiger partial charge in [0.1, 0.15) is 0 Å². The van der Waals surface area contributed by atoms with Crippen molar-refractivity contribution < 1.29 is 0 Å². The van der Waals surface area contributed by atoms with E-state index in [0.717, 1.165) is 36.9 Å². The zero-order chi connectivity index (χ0) is 17.9. The van der Waals surface area contributed by atoms with Gasteiger partial charge in [0.15, 0.2) is 0 Å². The van der Waals surface area contributed by atoms with E-state index in [2.05, 4.69) is 11.1 Å². The summed E-state index contributed by atoms with van der Waals surface area (Å²) in [6.07, 6.45) is 8.02. The topological polar surface area (TPSA) is 58.7 Å². The zero-order valence-electron chi connectivity index (χ0n) is 14.4. The van der Waals surface area contributed by atoms with Crippen LogP contribution in [0.15, 0.2) is 65.7 Å². The summed E-state index contributed by atoms with van der Waals surface area (Å²) in [5.74, 6) is 0. The Labute approximate surface area is 152 Å². The van der Waals surface area contributed by atoms with Gasteiger partial charge in [0.2, 0.25) is 0 Å². The molecule has 3 aromatic rings. The predicted molar refractivity (Wildman–Crippen MR) is 102 cm³/mol. The van der Waals surface area contributed by atoms with Crippen molar-refractivity contribution >= 4 is 0 Å². The monoisotopic (exact) mass is 341 g/mol. The highest BCUT2D eigenvalue weighted by molar-refractivity contribution is 5.74. The van der Waals surface area contributed by atoms with Crippen LogP contribution in [0.3, 0.4) is 0 Å². The standard InChI is InChI=1S/C22H19N3O/c23-14-16-7-1-4-10-19(16)20-13-17(21-11-5-6-12-24-21)15-25(22(20)26)18-8-2-3-9-18/h1,4-7,10-13,15,18H,2-3,8-9H2. The number of benzene rings is 1. The molecule has 0 aliphatic heterocycles. The fourth-order valence-corrected chi connectivity index (χ4v) is 3.74. The molecule has 1 aliphatic carbocycles. The second-order valence-electron chi connectivity index (χ2n) is 6.67. The van der Waals surface area contributed by atoms with Gasteiger partial charge in [-0.25, -0.2) is 0 Å². The van der Waals surface area contributed by atoms with E-state index in [-0.39, 0.29) is 11.6 Å². The molecule has 0 atom stereocenters. The highest BCUT2D eigenvalue weighted by Gasteiger charge is 2.21. The Morgan fingerprint density at radius 1 is 1.04 bits per heavy atom. The van der Waals surface area contributed by atoms with E-state index in [1.807, 2.05) is 53.2 Å². The fourth-order valence-electron chi connectivity index (χ4n) is 3.74. The maximum Gasteiger partial charge on any atom is 0.258 e. The van der Waals surface area contributed by atoms with Crippen molar-refractivity contribution in [1.82, 2.24) is 9.55 Å². The summed E-state index contributed by atoms with van der Waals surface area (Å²) in [6, 6.07) is 17.3. The largest absolute Gasteiger partial charge is 0.311 e. The fraction of sp³-hybridized carbons (Fsp3) is 0.227. The first kappa shape index (κ1) is 16.3. The molecule has 2 heterocycles. The van der Waals surface area contributed by atoms with E-state index in [1.165, 1.54) is 0 Å².